The minimum atomic E-state index is -1.27. The van der Waals surface area contributed by atoms with Crippen LogP contribution in [0.25, 0.3) is 0 Å². The van der Waals surface area contributed by atoms with Crippen LogP contribution in [0.15, 0.2) is 29.2 Å². The highest BCUT2D eigenvalue weighted by molar-refractivity contribution is 8.29. The lowest BCUT2D eigenvalue weighted by molar-refractivity contribution is 0.736. The van der Waals surface area contributed by atoms with Crippen LogP contribution < -0.4 is 0 Å². The monoisotopic (exact) mass is 266 g/mol. The van der Waals surface area contributed by atoms with Gasteiger partial charge in [0.1, 0.15) is 7.22 Å². The van der Waals surface area contributed by atoms with Gasteiger partial charge in [-0.3, -0.25) is 0 Å². The van der Waals surface area contributed by atoms with Gasteiger partial charge < -0.3 is 0 Å². The number of hydrogen-bond acceptors (Lipinski definition) is 1. The first-order chi connectivity index (χ1) is 7.63. The molecule has 0 aromatic heterocycles. The molecule has 0 aliphatic rings. The molecule has 2 heteroatoms. The summed E-state index contributed by atoms with van der Waals surface area (Å²) in [6.07, 6.45) is 0. The molecule has 0 unspecified atom stereocenters. The number of rotatable bonds is 3. The highest BCUT2D eigenvalue weighted by Crippen LogP contribution is 2.46. The highest BCUT2D eigenvalue weighted by atomic mass is 32.4. The lowest BCUT2D eigenvalue weighted by Crippen LogP contribution is -2.33. The summed E-state index contributed by atoms with van der Waals surface area (Å²) < 4.78 is 0. The molecule has 96 valence electrons. The Morgan fingerprint density at radius 2 is 1.47 bits per heavy atom. The van der Waals surface area contributed by atoms with Crippen LogP contribution in [0.1, 0.15) is 46.1 Å². The predicted molar refractivity (Wildman–Crippen MR) is 83.6 cm³/mol. The van der Waals surface area contributed by atoms with Crippen molar-refractivity contribution in [2.24, 2.45) is 0 Å². The Morgan fingerprint density at radius 3 is 1.82 bits per heavy atom. The molecule has 0 bridgehead atoms. The van der Waals surface area contributed by atoms with E-state index in [1.165, 1.54) is 10.5 Å². The van der Waals surface area contributed by atoms with Gasteiger partial charge in [0.15, 0.2) is 0 Å². The van der Waals surface area contributed by atoms with E-state index in [0.717, 1.165) is 0 Å². The summed E-state index contributed by atoms with van der Waals surface area (Å²) in [5, 5.41) is 0.439. The summed E-state index contributed by atoms with van der Waals surface area (Å²) in [6, 6.07) is 9.14. The SMILES string of the molecule is CC(C)c1ccc(S[Si](C)(C)C(C)(C)C)cc1. The molecule has 0 saturated heterocycles. The van der Waals surface area contributed by atoms with E-state index in [4.69, 9.17) is 0 Å². The van der Waals surface area contributed by atoms with Crippen LogP contribution in [0.5, 0.6) is 0 Å². The first-order valence-corrected chi connectivity index (χ1v) is 11.0. The van der Waals surface area contributed by atoms with Crippen LogP contribution in [-0.2, 0) is 0 Å². The molecule has 0 spiro atoms. The van der Waals surface area contributed by atoms with Crippen LogP contribution in [0, 0.1) is 0 Å². The lowest BCUT2D eigenvalue weighted by Gasteiger charge is -2.36. The maximum absolute atomic E-state index is 2.47. The molecule has 0 fully saturated rings. The average molecular weight is 267 g/mol. The molecule has 1 aromatic rings. The Morgan fingerprint density at radius 1 is 1.00 bits per heavy atom. The summed E-state index contributed by atoms with van der Waals surface area (Å²) in [5.74, 6) is 0.627. The Kier molecular flexibility index (Phi) is 4.53. The van der Waals surface area contributed by atoms with E-state index in [0.29, 0.717) is 11.0 Å². The van der Waals surface area contributed by atoms with Crippen LogP contribution in [0.3, 0.4) is 0 Å². The molecule has 0 nitrogen and oxygen atoms in total. The zero-order chi connectivity index (χ0) is 13.3. The van der Waals surface area contributed by atoms with Gasteiger partial charge in [-0.15, -0.1) is 0 Å². The molecule has 0 radical (unpaired) electrons. The van der Waals surface area contributed by atoms with Crippen molar-refractivity contribution < 1.29 is 0 Å². The maximum Gasteiger partial charge on any atom is 0.122 e. The van der Waals surface area contributed by atoms with Gasteiger partial charge in [-0.2, -0.15) is 11.2 Å². The standard InChI is InChI=1S/C15H26SSi/c1-12(2)13-8-10-14(11-9-13)16-17(6,7)15(3,4)5/h8-12H,1-7H3. The topological polar surface area (TPSA) is 0 Å². The van der Waals surface area contributed by atoms with Gasteiger partial charge in [-0.05, 0) is 28.7 Å². The van der Waals surface area contributed by atoms with Gasteiger partial charge in [0.05, 0.1) is 0 Å². The quantitative estimate of drug-likeness (QED) is 0.613. The van der Waals surface area contributed by atoms with Crippen molar-refractivity contribution in [3.63, 3.8) is 0 Å². The molecule has 0 N–H and O–H groups in total. The van der Waals surface area contributed by atoms with Crippen molar-refractivity contribution in [3.05, 3.63) is 29.8 Å². The number of benzene rings is 1. The second-order valence-electron chi connectivity index (χ2n) is 6.59. The predicted octanol–water partition coefficient (Wildman–Crippen LogP) is 5.91. The van der Waals surface area contributed by atoms with Crippen molar-refractivity contribution in [2.75, 3.05) is 0 Å². The molecule has 0 aliphatic carbocycles. The van der Waals surface area contributed by atoms with E-state index in [2.05, 4.69) is 83.2 Å². The molecule has 0 aliphatic heterocycles. The summed E-state index contributed by atoms with van der Waals surface area (Å²) in [5.41, 5.74) is 1.43. The minimum absolute atomic E-state index is 0.439. The average Bonchev–Trinajstić information content (AvgIpc) is 2.16. The van der Waals surface area contributed by atoms with Crippen molar-refractivity contribution >= 4 is 18.4 Å². The van der Waals surface area contributed by atoms with E-state index in [1.54, 1.807) is 0 Å². The van der Waals surface area contributed by atoms with Gasteiger partial charge in [0, 0.05) is 4.90 Å². The van der Waals surface area contributed by atoms with Crippen LogP contribution >= 0.6 is 11.2 Å². The van der Waals surface area contributed by atoms with Gasteiger partial charge in [0.25, 0.3) is 0 Å². The third-order valence-corrected chi connectivity index (χ3v) is 12.4. The van der Waals surface area contributed by atoms with Crippen LogP contribution in [0.2, 0.25) is 18.1 Å². The molecule has 0 heterocycles. The fourth-order valence-electron chi connectivity index (χ4n) is 1.37. The Bertz CT molecular complexity index is 358. The van der Waals surface area contributed by atoms with E-state index < -0.39 is 7.22 Å². The van der Waals surface area contributed by atoms with Gasteiger partial charge in [0.2, 0.25) is 0 Å². The van der Waals surface area contributed by atoms with Gasteiger partial charge in [-0.25, -0.2) is 0 Å². The fourth-order valence-corrected chi connectivity index (χ4v) is 5.63. The number of hydrogen-bond donors (Lipinski definition) is 0. The highest BCUT2D eigenvalue weighted by Gasteiger charge is 2.36. The molecule has 1 aromatic carbocycles. The van der Waals surface area contributed by atoms with E-state index in [-0.39, 0.29) is 0 Å². The molecule has 0 saturated carbocycles. The van der Waals surface area contributed by atoms with Crippen molar-refractivity contribution in [1.82, 2.24) is 0 Å². The minimum Gasteiger partial charge on any atom is -0.151 e. The lowest BCUT2D eigenvalue weighted by atomic mass is 10.0. The summed E-state index contributed by atoms with van der Waals surface area (Å²) in [7, 11) is -1.27. The Labute approximate surface area is 112 Å². The second-order valence-corrected chi connectivity index (χ2v) is 15.5. The summed E-state index contributed by atoms with van der Waals surface area (Å²) >= 11 is 2.11. The van der Waals surface area contributed by atoms with Gasteiger partial charge in [-0.1, -0.05) is 59.8 Å². The maximum atomic E-state index is 2.47. The first-order valence-electron chi connectivity index (χ1n) is 6.42. The fraction of sp³-hybridized carbons (Fsp3) is 0.600. The van der Waals surface area contributed by atoms with Crippen LogP contribution in [0.4, 0.5) is 0 Å². The van der Waals surface area contributed by atoms with Crippen molar-refractivity contribution in [2.45, 2.75) is 63.6 Å². The Balaban J connectivity index is 2.83. The molecule has 17 heavy (non-hydrogen) atoms. The zero-order valence-corrected chi connectivity index (χ0v) is 14.1. The summed E-state index contributed by atoms with van der Waals surface area (Å²) in [6.45, 7) is 16.5. The smallest absolute Gasteiger partial charge is 0.122 e. The van der Waals surface area contributed by atoms with E-state index in [1.807, 2.05) is 0 Å². The largest absolute Gasteiger partial charge is 0.151 e. The third kappa shape index (κ3) is 3.89. The van der Waals surface area contributed by atoms with E-state index >= 15 is 0 Å². The molecule has 0 amide bonds. The molecular weight excluding hydrogens is 240 g/mol. The van der Waals surface area contributed by atoms with E-state index in [9.17, 15) is 0 Å². The molecule has 1 rings (SSSR count). The summed E-state index contributed by atoms with van der Waals surface area (Å²) in [4.78, 5) is 1.43. The Hall–Kier alpha value is -0.213. The third-order valence-electron chi connectivity index (χ3n) is 3.73. The molecular formula is C15H26SSi. The van der Waals surface area contributed by atoms with Crippen molar-refractivity contribution in [1.29, 1.82) is 0 Å². The first kappa shape index (κ1) is 14.8. The normalized spacial score (nSPS) is 13.2. The second kappa shape index (κ2) is 5.19. The van der Waals surface area contributed by atoms with Crippen LogP contribution in [-0.4, -0.2) is 7.22 Å². The zero-order valence-electron chi connectivity index (χ0n) is 12.3. The molecule has 0 atom stereocenters. The van der Waals surface area contributed by atoms with Gasteiger partial charge >= 0.3 is 0 Å². The van der Waals surface area contributed by atoms with Crippen molar-refractivity contribution in [3.8, 4) is 0 Å².